The van der Waals surface area contributed by atoms with Gasteiger partial charge in [0.05, 0.1) is 13.2 Å². The molecule has 19 heavy (non-hydrogen) atoms. The third-order valence-corrected chi connectivity index (χ3v) is 2.74. The van der Waals surface area contributed by atoms with E-state index in [1.165, 1.54) is 0 Å². The summed E-state index contributed by atoms with van der Waals surface area (Å²) in [5.41, 5.74) is 11.0. The zero-order valence-corrected chi connectivity index (χ0v) is 10.9. The van der Waals surface area contributed by atoms with Gasteiger partial charge in [-0.05, 0) is 0 Å². The molecule has 4 N–H and O–H groups in total. The van der Waals surface area contributed by atoms with Crippen molar-refractivity contribution in [2.75, 3.05) is 49.4 Å². The first-order valence-corrected chi connectivity index (χ1v) is 5.81. The van der Waals surface area contributed by atoms with Crippen LogP contribution in [0.2, 0.25) is 0 Å². The van der Waals surface area contributed by atoms with E-state index >= 15 is 0 Å². The maximum Gasteiger partial charge on any atom is 0.242 e. The molecule has 1 unspecified atom stereocenters. The van der Waals surface area contributed by atoms with Crippen molar-refractivity contribution in [3.8, 4) is 0 Å². The van der Waals surface area contributed by atoms with Gasteiger partial charge >= 0.3 is 0 Å². The predicted molar refractivity (Wildman–Crippen MR) is 69.7 cm³/mol. The molecule has 1 aromatic rings. The van der Waals surface area contributed by atoms with Gasteiger partial charge in [0.15, 0.2) is 0 Å². The zero-order valence-electron chi connectivity index (χ0n) is 10.9. The van der Waals surface area contributed by atoms with Gasteiger partial charge in [-0.15, -0.1) is 0 Å². The highest BCUT2D eigenvalue weighted by Gasteiger charge is 2.30. The average Bonchev–Trinajstić information content (AvgIpc) is 2.37. The molecule has 1 atom stereocenters. The summed E-state index contributed by atoms with van der Waals surface area (Å²) in [6.45, 7) is 1.18. The van der Waals surface area contributed by atoms with Crippen molar-refractivity contribution in [1.29, 1.82) is 0 Å². The summed E-state index contributed by atoms with van der Waals surface area (Å²) >= 11 is 0. The highest BCUT2D eigenvalue weighted by molar-refractivity contribution is 5.83. The van der Waals surface area contributed by atoms with Crippen LogP contribution >= 0.6 is 0 Å². The van der Waals surface area contributed by atoms with Crippen molar-refractivity contribution in [1.82, 2.24) is 15.0 Å². The fourth-order valence-electron chi connectivity index (χ4n) is 1.78. The van der Waals surface area contributed by atoms with Crippen LogP contribution in [0.25, 0.3) is 0 Å². The average molecular weight is 267 g/mol. The standard InChI is InChI=1S/C10H17N7O2/c1-16(2)9-13-8(12)14-10(15-9)17-3-4-19-5-6(17)7(11)18/h6H,3-5H2,1-2H3,(H2,11,18)(H2,12,13,14,15). The van der Waals surface area contributed by atoms with Crippen LogP contribution in [-0.2, 0) is 9.53 Å². The Kier molecular flexibility index (Phi) is 3.65. The lowest BCUT2D eigenvalue weighted by Gasteiger charge is -2.33. The number of morpholine rings is 1. The summed E-state index contributed by atoms with van der Waals surface area (Å²) < 4.78 is 5.25. The predicted octanol–water partition coefficient (Wildman–Crippen LogP) is -1.79. The lowest BCUT2D eigenvalue weighted by molar-refractivity contribution is -0.121. The number of primary amides is 1. The Morgan fingerprint density at radius 2 is 2.16 bits per heavy atom. The van der Waals surface area contributed by atoms with Gasteiger partial charge in [0.25, 0.3) is 0 Å². The Bertz CT molecular complexity index is 479. The number of hydrogen-bond acceptors (Lipinski definition) is 8. The van der Waals surface area contributed by atoms with E-state index < -0.39 is 11.9 Å². The summed E-state index contributed by atoms with van der Waals surface area (Å²) in [6, 6.07) is -0.592. The minimum Gasteiger partial charge on any atom is -0.377 e. The van der Waals surface area contributed by atoms with Gasteiger partial charge in [0.1, 0.15) is 6.04 Å². The van der Waals surface area contributed by atoms with E-state index in [1.54, 1.807) is 23.9 Å². The van der Waals surface area contributed by atoms with Crippen molar-refractivity contribution in [2.24, 2.45) is 5.73 Å². The largest absolute Gasteiger partial charge is 0.377 e. The molecular formula is C10H17N7O2. The molecule has 1 amide bonds. The molecular weight excluding hydrogens is 250 g/mol. The number of amides is 1. The number of nitrogen functional groups attached to an aromatic ring is 1. The van der Waals surface area contributed by atoms with Crippen LogP contribution in [0.15, 0.2) is 0 Å². The van der Waals surface area contributed by atoms with Gasteiger partial charge in [-0.25, -0.2) is 0 Å². The number of nitrogens with two attached hydrogens (primary N) is 2. The van der Waals surface area contributed by atoms with Crippen molar-refractivity contribution in [3.05, 3.63) is 0 Å². The number of aromatic nitrogens is 3. The normalized spacial score (nSPS) is 19.3. The number of nitrogens with zero attached hydrogens (tertiary/aromatic N) is 5. The van der Waals surface area contributed by atoms with Crippen LogP contribution in [-0.4, -0.2) is 60.8 Å². The molecule has 1 saturated heterocycles. The molecule has 0 aliphatic carbocycles. The first-order valence-electron chi connectivity index (χ1n) is 5.81. The summed E-state index contributed by atoms with van der Waals surface area (Å²) in [4.78, 5) is 27.2. The zero-order chi connectivity index (χ0) is 14.0. The van der Waals surface area contributed by atoms with Crippen LogP contribution in [0, 0.1) is 0 Å². The molecule has 0 bridgehead atoms. The lowest BCUT2D eigenvalue weighted by atomic mass is 10.2. The van der Waals surface area contributed by atoms with Gasteiger partial charge < -0.3 is 26.0 Å². The van der Waals surface area contributed by atoms with Gasteiger partial charge in [-0.3, -0.25) is 4.79 Å². The van der Waals surface area contributed by atoms with Gasteiger partial charge in [-0.1, -0.05) is 0 Å². The number of anilines is 3. The molecule has 1 aliphatic heterocycles. The molecule has 0 radical (unpaired) electrons. The molecule has 9 nitrogen and oxygen atoms in total. The van der Waals surface area contributed by atoms with Crippen LogP contribution < -0.4 is 21.3 Å². The smallest absolute Gasteiger partial charge is 0.242 e. The number of rotatable bonds is 3. The highest BCUT2D eigenvalue weighted by atomic mass is 16.5. The van der Waals surface area contributed by atoms with E-state index in [1.807, 2.05) is 0 Å². The van der Waals surface area contributed by atoms with Crippen LogP contribution in [0.5, 0.6) is 0 Å². The van der Waals surface area contributed by atoms with E-state index in [4.69, 9.17) is 16.2 Å². The minimum absolute atomic E-state index is 0.100. The lowest BCUT2D eigenvalue weighted by Crippen LogP contribution is -2.53. The third-order valence-electron chi connectivity index (χ3n) is 2.74. The van der Waals surface area contributed by atoms with Crippen molar-refractivity contribution >= 4 is 23.8 Å². The van der Waals surface area contributed by atoms with E-state index in [0.29, 0.717) is 25.0 Å². The molecule has 1 aromatic heterocycles. The van der Waals surface area contributed by atoms with E-state index in [2.05, 4.69) is 15.0 Å². The summed E-state index contributed by atoms with van der Waals surface area (Å²) in [6.07, 6.45) is 0. The summed E-state index contributed by atoms with van der Waals surface area (Å²) in [7, 11) is 3.59. The Balaban J connectivity index is 2.35. The van der Waals surface area contributed by atoms with Crippen molar-refractivity contribution in [3.63, 3.8) is 0 Å². The summed E-state index contributed by atoms with van der Waals surface area (Å²) in [5.74, 6) is 0.383. The topological polar surface area (TPSA) is 123 Å². The van der Waals surface area contributed by atoms with Crippen LogP contribution in [0.1, 0.15) is 0 Å². The fourth-order valence-corrected chi connectivity index (χ4v) is 1.78. The quantitative estimate of drug-likeness (QED) is 0.658. The molecule has 2 heterocycles. The monoisotopic (exact) mass is 267 g/mol. The van der Waals surface area contributed by atoms with E-state index in [-0.39, 0.29) is 12.6 Å². The Morgan fingerprint density at radius 3 is 2.79 bits per heavy atom. The van der Waals surface area contributed by atoms with E-state index in [9.17, 15) is 4.79 Å². The van der Waals surface area contributed by atoms with Crippen molar-refractivity contribution in [2.45, 2.75) is 6.04 Å². The van der Waals surface area contributed by atoms with Crippen LogP contribution in [0.4, 0.5) is 17.8 Å². The maximum absolute atomic E-state index is 11.4. The molecule has 9 heteroatoms. The van der Waals surface area contributed by atoms with Gasteiger partial charge in [0.2, 0.25) is 23.8 Å². The molecule has 0 saturated carbocycles. The Morgan fingerprint density at radius 1 is 1.42 bits per heavy atom. The highest BCUT2D eigenvalue weighted by Crippen LogP contribution is 2.18. The first-order chi connectivity index (χ1) is 8.99. The van der Waals surface area contributed by atoms with E-state index in [0.717, 1.165) is 0 Å². The molecule has 0 aromatic carbocycles. The van der Waals surface area contributed by atoms with Gasteiger partial charge in [0, 0.05) is 20.6 Å². The third kappa shape index (κ3) is 2.81. The molecule has 1 fully saturated rings. The number of carbonyl (C=O) groups is 1. The minimum atomic E-state index is -0.592. The maximum atomic E-state index is 11.4. The number of hydrogen-bond donors (Lipinski definition) is 2. The number of carbonyl (C=O) groups excluding carboxylic acids is 1. The SMILES string of the molecule is CN(C)c1nc(N)nc(N2CCOCC2C(N)=O)n1. The second-order valence-electron chi connectivity index (χ2n) is 4.37. The molecule has 1 aliphatic rings. The number of ether oxygens (including phenoxy) is 1. The van der Waals surface area contributed by atoms with Gasteiger partial charge in [-0.2, -0.15) is 15.0 Å². The fraction of sp³-hybridized carbons (Fsp3) is 0.600. The van der Waals surface area contributed by atoms with Crippen molar-refractivity contribution < 1.29 is 9.53 Å². The second-order valence-corrected chi connectivity index (χ2v) is 4.37. The Labute approximate surface area is 110 Å². The second kappa shape index (κ2) is 5.22. The van der Waals surface area contributed by atoms with Crippen LogP contribution in [0.3, 0.4) is 0 Å². The first kappa shape index (κ1) is 13.3. The summed E-state index contributed by atoms with van der Waals surface area (Å²) in [5, 5.41) is 0. The molecule has 2 rings (SSSR count). The Hall–Kier alpha value is -2.16. The molecule has 104 valence electrons. The molecule has 0 spiro atoms.